The van der Waals surface area contributed by atoms with Crippen LogP contribution < -0.4 is 5.32 Å². The highest BCUT2D eigenvalue weighted by Crippen LogP contribution is 2.17. The first-order valence-electron chi connectivity index (χ1n) is 13.8. The van der Waals surface area contributed by atoms with Gasteiger partial charge >= 0.3 is 6.09 Å². The maximum Gasteiger partial charge on any atom is 0.408 e. The molecular formula is C32H43N3O3S. The van der Waals surface area contributed by atoms with Gasteiger partial charge in [0.1, 0.15) is 11.6 Å². The predicted molar refractivity (Wildman–Crippen MR) is 163 cm³/mol. The van der Waals surface area contributed by atoms with Gasteiger partial charge in [-0.3, -0.25) is 9.69 Å². The first-order valence-corrected chi connectivity index (χ1v) is 15.0. The summed E-state index contributed by atoms with van der Waals surface area (Å²) in [4.78, 5) is 29.8. The molecule has 39 heavy (non-hydrogen) atoms. The van der Waals surface area contributed by atoms with Crippen LogP contribution >= 0.6 is 11.8 Å². The maximum atomic E-state index is 13.1. The number of carbonyl (C=O) groups is 2. The molecule has 0 bridgehead atoms. The molecule has 0 radical (unpaired) electrons. The zero-order valence-corrected chi connectivity index (χ0v) is 24.4. The van der Waals surface area contributed by atoms with E-state index in [1.54, 1.807) is 11.8 Å². The highest BCUT2D eigenvalue weighted by molar-refractivity contribution is 7.99. The number of unbranched alkanes of at least 4 members (excludes halogenated alkanes) is 1. The lowest BCUT2D eigenvalue weighted by molar-refractivity contribution is -0.132. The summed E-state index contributed by atoms with van der Waals surface area (Å²) in [5.41, 5.74) is 1.77. The number of nitrogens with zero attached hydrogens (tertiary/aromatic N) is 2. The number of amides is 2. The van der Waals surface area contributed by atoms with E-state index in [0.717, 1.165) is 44.8 Å². The summed E-state index contributed by atoms with van der Waals surface area (Å²) in [6.07, 6.45) is 10.5. The summed E-state index contributed by atoms with van der Waals surface area (Å²) in [5.74, 6) is 1.60. The Hall–Kier alpha value is -3.03. The minimum Gasteiger partial charge on any atom is -0.444 e. The third kappa shape index (κ3) is 12.1. The highest BCUT2D eigenvalue weighted by atomic mass is 32.2. The maximum absolute atomic E-state index is 13.1. The first kappa shape index (κ1) is 30.5. The van der Waals surface area contributed by atoms with Gasteiger partial charge < -0.3 is 15.0 Å². The second-order valence-electron chi connectivity index (χ2n) is 10.7. The first-order chi connectivity index (χ1) is 18.8. The lowest BCUT2D eigenvalue weighted by atomic mass is 10.1. The van der Waals surface area contributed by atoms with Gasteiger partial charge in [-0.15, -0.1) is 11.8 Å². The third-order valence-electron chi connectivity index (χ3n) is 6.22. The second kappa shape index (κ2) is 16.2. The van der Waals surface area contributed by atoms with Gasteiger partial charge in [-0.05, 0) is 57.7 Å². The Kier molecular flexibility index (Phi) is 12.6. The largest absolute Gasteiger partial charge is 0.444 e. The molecule has 1 heterocycles. The van der Waals surface area contributed by atoms with Crippen molar-refractivity contribution in [3.63, 3.8) is 0 Å². The molecule has 1 aliphatic heterocycles. The summed E-state index contributed by atoms with van der Waals surface area (Å²) >= 11 is 1.74. The Morgan fingerprint density at radius 2 is 1.56 bits per heavy atom. The second-order valence-corrected chi connectivity index (χ2v) is 11.8. The quantitative estimate of drug-likeness (QED) is 0.297. The number of alkyl carbamates (subject to hydrolysis) is 1. The van der Waals surface area contributed by atoms with Crippen LogP contribution in [-0.4, -0.2) is 71.3 Å². The fourth-order valence-electron chi connectivity index (χ4n) is 4.26. The molecule has 1 fully saturated rings. The number of benzene rings is 2. The van der Waals surface area contributed by atoms with Gasteiger partial charge in [-0.2, -0.15) is 0 Å². The number of ether oxygens (including phenoxy) is 1. The number of thioether (sulfide) groups is 1. The van der Waals surface area contributed by atoms with Crippen LogP contribution in [0.4, 0.5) is 4.79 Å². The van der Waals surface area contributed by atoms with Crippen molar-refractivity contribution in [2.24, 2.45) is 0 Å². The summed E-state index contributed by atoms with van der Waals surface area (Å²) < 4.78 is 5.44. The lowest BCUT2D eigenvalue weighted by Crippen LogP contribution is -2.49. The minimum atomic E-state index is -0.609. The molecule has 1 atom stereocenters. The molecule has 0 unspecified atom stereocenters. The van der Waals surface area contributed by atoms with Crippen molar-refractivity contribution >= 4 is 35.9 Å². The van der Waals surface area contributed by atoms with Crippen molar-refractivity contribution < 1.29 is 14.3 Å². The number of hydrogen-bond acceptors (Lipinski definition) is 5. The SMILES string of the molecule is CC(C)(C)OC(=O)N[C@@H](CCCCN(CC=Cc1ccccc1)CC=Cc1ccccc1)C(=O)N1CCSC1. The lowest BCUT2D eigenvalue weighted by Gasteiger charge is -2.26. The number of nitrogens with one attached hydrogen (secondary N) is 1. The van der Waals surface area contributed by atoms with Gasteiger partial charge in [-0.25, -0.2) is 4.79 Å². The normalized spacial score (nSPS) is 14.8. The Labute approximate surface area is 238 Å². The zero-order valence-electron chi connectivity index (χ0n) is 23.6. The molecule has 210 valence electrons. The third-order valence-corrected chi connectivity index (χ3v) is 7.18. The molecule has 7 heteroatoms. The molecule has 1 aliphatic rings. The number of rotatable bonds is 13. The van der Waals surface area contributed by atoms with E-state index in [9.17, 15) is 9.59 Å². The molecule has 1 N–H and O–H groups in total. The number of carbonyl (C=O) groups excluding carboxylic acids is 2. The summed E-state index contributed by atoms with van der Waals surface area (Å²) in [5, 5.41) is 2.85. The molecule has 2 amide bonds. The molecular weight excluding hydrogens is 506 g/mol. The molecule has 0 aromatic heterocycles. The monoisotopic (exact) mass is 549 g/mol. The average Bonchev–Trinajstić information content (AvgIpc) is 3.45. The molecule has 0 spiro atoms. The molecule has 1 saturated heterocycles. The van der Waals surface area contributed by atoms with Crippen LogP contribution in [0.1, 0.15) is 51.2 Å². The summed E-state index contributed by atoms with van der Waals surface area (Å²) in [7, 11) is 0. The van der Waals surface area contributed by atoms with Gasteiger partial charge in [0.25, 0.3) is 0 Å². The summed E-state index contributed by atoms with van der Waals surface area (Å²) in [6, 6.07) is 20.1. The van der Waals surface area contributed by atoms with Crippen LogP contribution in [0.25, 0.3) is 12.2 Å². The Morgan fingerprint density at radius 3 is 2.08 bits per heavy atom. The fourth-order valence-corrected chi connectivity index (χ4v) is 5.22. The predicted octanol–water partition coefficient (Wildman–Crippen LogP) is 6.31. The topological polar surface area (TPSA) is 61.9 Å². The van der Waals surface area contributed by atoms with Crippen molar-refractivity contribution in [1.82, 2.24) is 15.1 Å². The van der Waals surface area contributed by atoms with Gasteiger partial charge in [0.2, 0.25) is 5.91 Å². The van der Waals surface area contributed by atoms with E-state index in [0.29, 0.717) is 12.3 Å². The van der Waals surface area contributed by atoms with Crippen LogP contribution in [0.5, 0.6) is 0 Å². The van der Waals surface area contributed by atoms with Crippen molar-refractivity contribution in [2.45, 2.75) is 51.7 Å². The minimum absolute atomic E-state index is 0.0145. The fraction of sp³-hybridized carbons (Fsp3) is 0.438. The molecule has 2 aromatic carbocycles. The van der Waals surface area contributed by atoms with E-state index >= 15 is 0 Å². The van der Waals surface area contributed by atoms with Crippen molar-refractivity contribution in [3.8, 4) is 0 Å². The summed E-state index contributed by atoms with van der Waals surface area (Å²) in [6.45, 7) is 8.76. The van der Waals surface area contributed by atoms with E-state index < -0.39 is 17.7 Å². The van der Waals surface area contributed by atoms with Crippen molar-refractivity contribution in [2.75, 3.05) is 37.8 Å². The van der Waals surface area contributed by atoms with E-state index in [-0.39, 0.29) is 5.91 Å². The van der Waals surface area contributed by atoms with Crippen LogP contribution in [0.2, 0.25) is 0 Å². The molecule has 0 aliphatic carbocycles. The molecule has 3 rings (SSSR count). The Bertz CT molecular complexity index is 1010. The van der Waals surface area contributed by atoms with Gasteiger partial charge in [0, 0.05) is 25.4 Å². The number of hydrogen-bond donors (Lipinski definition) is 1. The van der Waals surface area contributed by atoms with Crippen LogP contribution in [0, 0.1) is 0 Å². The van der Waals surface area contributed by atoms with Gasteiger partial charge in [-0.1, -0.05) is 85.0 Å². The smallest absolute Gasteiger partial charge is 0.408 e. The average molecular weight is 550 g/mol. The molecule has 2 aromatic rings. The van der Waals surface area contributed by atoms with Crippen LogP contribution in [0.15, 0.2) is 72.8 Å². The van der Waals surface area contributed by atoms with Crippen molar-refractivity contribution in [1.29, 1.82) is 0 Å². The molecule has 0 saturated carbocycles. The van der Waals surface area contributed by atoms with Crippen LogP contribution in [0.3, 0.4) is 0 Å². The standard InChI is InChI=1S/C32H43N3O3S/c1-32(2,3)38-31(37)33-29(30(36)35-24-25-39-26-35)20-10-11-21-34(22-12-18-27-14-6-4-7-15-27)23-13-19-28-16-8-5-9-17-28/h4-9,12-19,29H,10-11,20-26H2,1-3H3,(H,33,37)/t29-/m0/s1. The van der Waals surface area contributed by atoms with Gasteiger partial charge in [0.15, 0.2) is 0 Å². The van der Waals surface area contributed by atoms with E-state index in [1.165, 1.54) is 11.1 Å². The Balaban J connectivity index is 1.56. The zero-order chi connectivity index (χ0) is 27.9. The van der Waals surface area contributed by atoms with E-state index in [2.05, 4.69) is 58.8 Å². The van der Waals surface area contributed by atoms with Crippen LogP contribution in [-0.2, 0) is 9.53 Å². The van der Waals surface area contributed by atoms with Gasteiger partial charge in [0.05, 0.1) is 5.88 Å². The highest BCUT2D eigenvalue weighted by Gasteiger charge is 2.29. The van der Waals surface area contributed by atoms with E-state index in [4.69, 9.17) is 4.74 Å². The van der Waals surface area contributed by atoms with Crippen molar-refractivity contribution in [3.05, 3.63) is 83.9 Å². The Morgan fingerprint density at radius 1 is 0.974 bits per heavy atom. The molecule has 6 nitrogen and oxygen atoms in total. The van der Waals surface area contributed by atoms with E-state index in [1.807, 2.05) is 62.1 Å².